The lowest BCUT2D eigenvalue weighted by molar-refractivity contribution is -0.385. The van der Waals surface area contributed by atoms with Crippen LogP contribution in [-0.2, 0) is 11.3 Å². The van der Waals surface area contributed by atoms with Crippen molar-refractivity contribution in [1.29, 1.82) is 0 Å². The molecule has 0 bridgehead atoms. The Bertz CT molecular complexity index is 479. The number of carboxylic acid groups (broad SMARTS) is 1. The molecule has 0 atom stereocenters. The van der Waals surface area contributed by atoms with Crippen LogP contribution in [0.1, 0.15) is 18.9 Å². The summed E-state index contributed by atoms with van der Waals surface area (Å²) in [6, 6.07) is 4.76. The predicted molar refractivity (Wildman–Crippen MR) is 74.0 cm³/mol. The van der Waals surface area contributed by atoms with Gasteiger partial charge in [-0.25, -0.2) is 0 Å². The molecule has 0 aromatic heterocycles. The molecule has 0 heterocycles. The Labute approximate surface area is 119 Å². The molecule has 19 heavy (non-hydrogen) atoms. The number of hydrogen-bond donors (Lipinski definition) is 1. The molecule has 7 heteroatoms. The van der Waals surface area contributed by atoms with E-state index in [9.17, 15) is 14.9 Å². The second-order valence-corrected chi connectivity index (χ2v) is 4.90. The molecule has 0 aliphatic heterocycles. The lowest BCUT2D eigenvalue weighted by Gasteiger charge is -2.20. The fourth-order valence-corrected chi connectivity index (χ4v) is 2.33. The maximum atomic E-state index is 10.8. The summed E-state index contributed by atoms with van der Waals surface area (Å²) < 4.78 is 0.409. The van der Waals surface area contributed by atoms with Gasteiger partial charge in [-0.2, -0.15) is 0 Å². The summed E-state index contributed by atoms with van der Waals surface area (Å²) in [6.45, 7) is 2.87. The van der Waals surface area contributed by atoms with Crippen LogP contribution < -0.4 is 0 Å². The summed E-state index contributed by atoms with van der Waals surface area (Å²) in [5, 5.41) is 19.7. The Morgan fingerprint density at radius 3 is 2.74 bits per heavy atom. The standard InChI is InChI=1S/C12H15BrN2O4/c1-2-6-14(8-11(16)17)7-9-4-3-5-10(12(9)13)15(18)19/h3-5H,2,6-8H2,1H3,(H,16,17). The summed E-state index contributed by atoms with van der Waals surface area (Å²) in [6.07, 6.45) is 0.819. The van der Waals surface area contributed by atoms with Crippen LogP contribution in [0.4, 0.5) is 5.69 Å². The van der Waals surface area contributed by atoms with Gasteiger partial charge in [0, 0.05) is 12.6 Å². The van der Waals surface area contributed by atoms with Crippen LogP contribution in [-0.4, -0.2) is 34.0 Å². The van der Waals surface area contributed by atoms with Gasteiger partial charge in [-0.15, -0.1) is 0 Å². The highest BCUT2D eigenvalue weighted by Crippen LogP contribution is 2.29. The Balaban J connectivity index is 2.93. The van der Waals surface area contributed by atoms with E-state index in [2.05, 4.69) is 15.9 Å². The summed E-state index contributed by atoms with van der Waals surface area (Å²) in [4.78, 5) is 22.9. The minimum absolute atomic E-state index is 0.00993. The third kappa shape index (κ3) is 4.60. The molecule has 0 fully saturated rings. The maximum Gasteiger partial charge on any atom is 0.317 e. The van der Waals surface area contributed by atoms with E-state index in [4.69, 9.17) is 5.11 Å². The summed E-state index contributed by atoms with van der Waals surface area (Å²) in [7, 11) is 0. The summed E-state index contributed by atoms with van der Waals surface area (Å²) in [5.74, 6) is -0.907. The zero-order valence-corrected chi connectivity index (χ0v) is 12.1. The Morgan fingerprint density at radius 1 is 1.53 bits per heavy atom. The number of rotatable bonds is 7. The second-order valence-electron chi connectivity index (χ2n) is 4.11. The van der Waals surface area contributed by atoms with E-state index >= 15 is 0 Å². The van der Waals surface area contributed by atoms with Crippen LogP contribution in [0.15, 0.2) is 22.7 Å². The highest BCUT2D eigenvalue weighted by atomic mass is 79.9. The molecule has 0 amide bonds. The first-order valence-electron chi connectivity index (χ1n) is 5.81. The predicted octanol–water partition coefficient (Wildman–Crippen LogP) is 2.65. The lowest BCUT2D eigenvalue weighted by atomic mass is 10.2. The van der Waals surface area contributed by atoms with Crippen molar-refractivity contribution in [3.63, 3.8) is 0 Å². The van der Waals surface area contributed by atoms with E-state index < -0.39 is 10.9 Å². The Kier molecular flexibility index (Phi) is 5.91. The smallest absolute Gasteiger partial charge is 0.317 e. The average molecular weight is 331 g/mol. The lowest BCUT2D eigenvalue weighted by Crippen LogP contribution is -2.30. The third-order valence-corrected chi connectivity index (χ3v) is 3.46. The molecule has 1 N–H and O–H groups in total. The van der Waals surface area contributed by atoms with Gasteiger partial charge in [0.05, 0.1) is 15.9 Å². The largest absolute Gasteiger partial charge is 0.480 e. The van der Waals surface area contributed by atoms with E-state index in [0.717, 1.165) is 6.42 Å². The van der Waals surface area contributed by atoms with Crippen molar-refractivity contribution < 1.29 is 14.8 Å². The molecular formula is C12H15BrN2O4. The molecule has 1 rings (SSSR count). The van der Waals surface area contributed by atoms with Gasteiger partial charge in [0.2, 0.25) is 0 Å². The number of nitrogens with zero attached hydrogens (tertiary/aromatic N) is 2. The number of nitro groups is 1. The maximum absolute atomic E-state index is 10.8. The summed E-state index contributed by atoms with van der Waals surface area (Å²) >= 11 is 3.21. The average Bonchev–Trinajstić information content (AvgIpc) is 2.31. The van der Waals surface area contributed by atoms with Crippen LogP contribution in [0, 0.1) is 10.1 Å². The number of benzene rings is 1. The first kappa shape index (κ1) is 15.6. The second kappa shape index (κ2) is 7.20. The molecule has 0 aliphatic rings. The number of hydrogen-bond acceptors (Lipinski definition) is 4. The van der Waals surface area contributed by atoms with Crippen LogP contribution >= 0.6 is 15.9 Å². The first-order valence-corrected chi connectivity index (χ1v) is 6.61. The normalized spacial score (nSPS) is 10.7. The van der Waals surface area contributed by atoms with Gasteiger partial charge < -0.3 is 5.11 Å². The fourth-order valence-electron chi connectivity index (χ4n) is 1.79. The van der Waals surface area contributed by atoms with Crippen molar-refractivity contribution in [3.8, 4) is 0 Å². The van der Waals surface area contributed by atoms with Gasteiger partial charge >= 0.3 is 5.97 Å². The number of aliphatic carboxylic acids is 1. The van der Waals surface area contributed by atoms with E-state index in [0.29, 0.717) is 23.1 Å². The van der Waals surface area contributed by atoms with E-state index in [-0.39, 0.29) is 12.2 Å². The minimum Gasteiger partial charge on any atom is -0.480 e. The minimum atomic E-state index is -0.907. The first-order chi connectivity index (χ1) is 8.95. The van der Waals surface area contributed by atoms with Gasteiger partial charge in [-0.1, -0.05) is 19.1 Å². The highest BCUT2D eigenvalue weighted by Gasteiger charge is 2.17. The van der Waals surface area contributed by atoms with Gasteiger partial charge in [0.15, 0.2) is 0 Å². The van der Waals surface area contributed by atoms with Gasteiger partial charge in [0.25, 0.3) is 5.69 Å². The van der Waals surface area contributed by atoms with Crippen molar-refractivity contribution in [2.75, 3.05) is 13.1 Å². The number of carbonyl (C=O) groups is 1. The molecule has 0 spiro atoms. The Hall–Kier alpha value is -1.47. The molecule has 0 saturated heterocycles. The van der Waals surface area contributed by atoms with E-state index in [1.54, 1.807) is 17.0 Å². The molecule has 0 unspecified atom stereocenters. The number of nitro benzene ring substituents is 1. The molecule has 0 saturated carbocycles. The van der Waals surface area contributed by atoms with E-state index in [1.165, 1.54) is 6.07 Å². The van der Waals surface area contributed by atoms with Crippen LogP contribution in [0.5, 0.6) is 0 Å². The van der Waals surface area contributed by atoms with Crippen LogP contribution in [0.25, 0.3) is 0 Å². The summed E-state index contributed by atoms with van der Waals surface area (Å²) in [5.41, 5.74) is 0.702. The molecule has 1 aromatic rings. The number of carboxylic acids is 1. The van der Waals surface area contributed by atoms with Crippen molar-refractivity contribution >= 4 is 27.6 Å². The van der Waals surface area contributed by atoms with Crippen molar-refractivity contribution in [3.05, 3.63) is 38.3 Å². The van der Waals surface area contributed by atoms with Crippen molar-refractivity contribution in [2.24, 2.45) is 0 Å². The highest BCUT2D eigenvalue weighted by molar-refractivity contribution is 9.10. The monoisotopic (exact) mass is 330 g/mol. The fraction of sp³-hybridized carbons (Fsp3) is 0.417. The quantitative estimate of drug-likeness (QED) is 0.613. The molecule has 1 aromatic carbocycles. The zero-order valence-electron chi connectivity index (χ0n) is 10.5. The Morgan fingerprint density at radius 2 is 2.21 bits per heavy atom. The molecule has 104 valence electrons. The van der Waals surface area contributed by atoms with Crippen LogP contribution in [0.2, 0.25) is 0 Å². The SMILES string of the molecule is CCCN(CC(=O)O)Cc1cccc([N+](=O)[O-])c1Br. The molecular weight excluding hydrogens is 316 g/mol. The molecule has 0 radical (unpaired) electrons. The van der Waals surface area contributed by atoms with Crippen molar-refractivity contribution in [1.82, 2.24) is 4.90 Å². The third-order valence-electron chi connectivity index (χ3n) is 2.55. The van der Waals surface area contributed by atoms with Gasteiger partial charge in [0.1, 0.15) is 0 Å². The topological polar surface area (TPSA) is 83.7 Å². The molecule has 0 aliphatic carbocycles. The van der Waals surface area contributed by atoms with E-state index in [1.807, 2.05) is 6.92 Å². The van der Waals surface area contributed by atoms with Crippen molar-refractivity contribution in [2.45, 2.75) is 19.9 Å². The molecule has 6 nitrogen and oxygen atoms in total. The van der Waals surface area contributed by atoms with Gasteiger partial charge in [-0.05, 0) is 34.5 Å². The van der Waals surface area contributed by atoms with Gasteiger partial charge in [-0.3, -0.25) is 19.8 Å². The number of halogens is 1. The zero-order chi connectivity index (χ0) is 14.4. The van der Waals surface area contributed by atoms with Crippen LogP contribution in [0.3, 0.4) is 0 Å².